The van der Waals surface area contributed by atoms with E-state index >= 15 is 0 Å². The Kier molecular flexibility index (Phi) is 4.91. The highest BCUT2D eigenvalue weighted by Crippen LogP contribution is 2.31. The molecule has 0 aliphatic carbocycles. The summed E-state index contributed by atoms with van der Waals surface area (Å²) in [5, 5.41) is 9.94. The predicted octanol–water partition coefficient (Wildman–Crippen LogP) is 3.61. The summed E-state index contributed by atoms with van der Waals surface area (Å²) in [6.07, 6.45) is 3.90. The zero-order chi connectivity index (χ0) is 11.3. The monoisotopic (exact) mass is 242 g/mol. The van der Waals surface area contributed by atoms with Crippen LogP contribution in [0.5, 0.6) is 5.75 Å². The zero-order valence-corrected chi connectivity index (χ0v) is 10.6. The van der Waals surface area contributed by atoms with Gasteiger partial charge in [-0.25, -0.2) is 0 Å². The first-order chi connectivity index (χ1) is 7.22. The van der Waals surface area contributed by atoms with E-state index in [0.29, 0.717) is 5.76 Å². The third-order valence-electron chi connectivity index (χ3n) is 1.93. The Labute approximate surface area is 98.7 Å². The summed E-state index contributed by atoms with van der Waals surface area (Å²) in [4.78, 5) is 0. The van der Waals surface area contributed by atoms with Crippen LogP contribution in [0.1, 0.15) is 5.56 Å². The number of benzene rings is 1. The number of rotatable bonds is 4. The Bertz CT molecular complexity index is 338. The Morgan fingerprint density at radius 1 is 1.13 bits per heavy atom. The summed E-state index contributed by atoms with van der Waals surface area (Å²) in [5.41, 5.74) is 0.814. The third kappa shape index (κ3) is 3.11. The minimum atomic E-state index is 0.331. The molecule has 0 atom stereocenters. The number of methoxy groups -OCH3 is 1. The van der Waals surface area contributed by atoms with Crippen molar-refractivity contribution in [2.75, 3.05) is 19.6 Å². The molecule has 15 heavy (non-hydrogen) atoms. The summed E-state index contributed by atoms with van der Waals surface area (Å²) in [6, 6.07) is 7.37. The molecule has 82 valence electrons. The molecule has 0 radical (unpaired) electrons. The van der Waals surface area contributed by atoms with Crippen LogP contribution in [0.2, 0.25) is 0 Å². The van der Waals surface area contributed by atoms with E-state index in [1.54, 1.807) is 30.6 Å². The van der Waals surface area contributed by atoms with E-state index < -0.39 is 0 Å². The van der Waals surface area contributed by atoms with Crippen LogP contribution in [0.25, 0.3) is 5.76 Å². The number of ether oxygens (including phenoxy) is 1. The normalized spacial score (nSPS) is 9.80. The summed E-state index contributed by atoms with van der Waals surface area (Å²) < 4.78 is 5.97. The summed E-state index contributed by atoms with van der Waals surface area (Å²) in [5.74, 6) is 1.12. The molecule has 1 aromatic rings. The maximum absolute atomic E-state index is 9.94. The van der Waals surface area contributed by atoms with Gasteiger partial charge < -0.3 is 9.84 Å². The molecule has 0 saturated heterocycles. The summed E-state index contributed by atoms with van der Waals surface area (Å²) in [6.45, 7) is 0. The first-order valence-corrected chi connectivity index (χ1v) is 6.83. The lowest BCUT2D eigenvalue weighted by molar-refractivity contribution is 0.414. The largest absolute Gasteiger partial charge is 0.506 e. The van der Waals surface area contributed by atoms with Gasteiger partial charge >= 0.3 is 0 Å². The highest BCUT2D eigenvalue weighted by molar-refractivity contribution is 8.21. The molecule has 0 aromatic heterocycles. The molecule has 4 heteroatoms. The lowest BCUT2D eigenvalue weighted by Gasteiger charge is -2.06. The molecule has 1 aromatic carbocycles. The van der Waals surface area contributed by atoms with Crippen LogP contribution >= 0.6 is 23.5 Å². The predicted molar refractivity (Wildman–Crippen MR) is 69.6 cm³/mol. The molecule has 0 saturated carbocycles. The minimum Gasteiger partial charge on any atom is -0.506 e. The van der Waals surface area contributed by atoms with E-state index in [-0.39, 0.29) is 0 Å². The molecule has 0 amide bonds. The molecule has 0 bridgehead atoms. The van der Waals surface area contributed by atoms with Crippen LogP contribution < -0.4 is 4.74 Å². The van der Waals surface area contributed by atoms with Crippen LogP contribution in [0.4, 0.5) is 0 Å². The summed E-state index contributed by atoms with van der Waals surface area (Å²) in [7, 11) is 1.62. The van der Waals surface area contributed by atoms with Gasteiger partial charge in [-0.3, -0.25) is 0 Å². The van der Waals surface area contributed by atoms with E-state index in [4.69, 9.17) is 4.74 Å². The molecule has 0 spiro atoms. The average molecular weight is 242 g/mol. The number of aliphatic hydroxyl groups excluding tert-OH is 1. The topological polar surface area (TPSA) is 29.5 Å². The molecule has 1 N–H and O–H groups in total. The Morgan fingerprint density at radius 2 is 1.67 bits per heavy atom. The maximum Gasteiger partial charge on any atom is 0.142 e. The van der Waals surface area contributed by atoms with Crippen molar-refractivity contribution in [2.24, 2.45) is 0 Å². The number of thioether (sulfide) groups is 2. The van der Waals surface area contributed by atoms with Crippen molar-refractivity contribution in [1.29, 1.82) is 0 Å². The molecule has 0 unspecified atom stereocenters. The van der Waals surface area contributed by atoms with Crippen LogP contribution in [-0.2, 0) is 0 Å². The van der Waals surface area contributed by atoms with Crippen LogP contribution in [0, 0.1) is 0 Å². The van der Waals surface area contributed by atoms with Crippen LogP contribution in [-0.4, -0.2) is 24.7 Å². The van der Waals surface area contributed by atoms with Crippen LogP contribution in [0.3, 0.4) is 0 Å². The van der Waals surface area contributed by atoms with E-state index in [1.807, 2.05) is 36.8 Å². The van der Waals surface area contributed by atoms with Crippen molar-refractivity contribution >= 4 is 29.3 Å². The lowest BCUT2D eigenvalue weighted by atomic mass is 10.2. The molecule has 0 aliphatic heterocycles. The Morgan fingerprint density at radius 3 is 2.07 bits per heavy atom. The first kappa shape index (κ1) is 12.3. The van der Waals surface area contributed by atoms with E-state index in [1.165, 1.54) is 0 Å². The van der Waals surface area contributed by atoms with E-state index in [9.17, 15) is 5.11 Å². The van der Waals surface area contributed by atoms with Gasteiger partial charge in [-0.15, -0.1) is 23.5 Å². The lowest BCUT2D eigenvalue weighted by Crippen LogP contribution is -1.87. The van der Waals surface area contributed by atoms with Gasteiger partial charge in [0, 0.05) is 5.56 Å². The first-order valence-electron chi connectivity index (χ1n) is 4.38. The SMILES string of the molecule is COc1ccc(C(O)=C(SC)SC)cc1. The standard InChI is InChI=1S/C11H14O2S2/c1-13-9-6-4-8(5-7-9)10(12)11(14-2)15-3/h4-7,12H,1-3H3. The summed E-state index contributed by atoms with van der Waals surface area (Å²) >= 11 is 3.09. The molecule has 2 nitrogen and oxygen atoms in total. The zero-order valence-electron chi connectivity index (χ0n) is 8.98. The van der Waals surface area contributed by atoms with Gasteiger partial charge in [0.05, 0.1) is 11.3 Å². The fourth-order valence-corrected chi connectivity index (χ4v) is 2.43. The molecular formula is C11H14O2S2. The van der Waals surface area contributed by atoms with Gasteiger partial charge in [-0.05, 0) is 36.8 Å². The fourth-order valence-electron chi connectivity index (χ4n) is 1.14. The van der Waals surface area contributed by atoms with Crippen molar-refractivity contribution in [3.63, 3.8) is 0 Å². The second-order valence-corrected chi connectivity index (χ2v) is 4.66. The minimum absolute atomic E-state index is 0.331. The smallest absolute Gasteiger partial charge is 0.142 e. The number of hydrogen-bond donors (Lipinski definition) is 1. The highest BCUT2D eigenvalue weighted by Gasteiger charge is 2.06. The van der Waals surface area contributed by atoms with E-state index in [0.717, 1.165) is 15.6 Å². The Balaban J connectivity index is 3.00. The van der Waals surface area contributed by atoms with E-state index in [2.05, 4.69) is 0 Å². The van der Waals surface area contributed by atoms with Crippen molar-refractivity contribution in [1.82, 2.24) is 0 Å². The van der Waals surface area contributed by atoms with Gasteiger partial charge in [0.15, 0.2) is 0 Å². The second-order valence-electron chi connectivity index (χ2n) is 2.77. The van der Waals surface area contributed by atoms with Crippen molar-refractivity contribution < 1.29 is 9.84 Å². The number of hydrogen-bond acceptors (Lipinski definition) is 4. The van der Waals surface area contributed by atoms with Gasteiger partial charge in [0.2, 0.25) is 0 Å². The fraction of sp³-hybridized carbons (Fsp3) is 0.273. The average Bonchev–Trinajstić information content (AvgIpc) is 2.30. The second kappa shape index (κ2) is 5.98. The van der Waals surface area contributed by atoms with Crippen molar-refractivity contribution in [3.8, 4) is 5.75 Å². The van der Waals surface area contributed by atoms with Gasteiger partial charge in [-0.1, -0.05) is 0 Å². The van der Waals surface area contributed by atoms with Gasteiger partial charge in [-0.2, -0.15) is 0 Å². The molecule has 0 fully saturated rings. The quantitative estimate of drug-likeness (QED) is 0.817. The van der Waals surface area contributed by atoms with Gasteiger partial charge in [0.25, 0.3) is 0 Å². The van der Waals surface area contributed by atoms with Crippen LogP contribution in [0.15, 0.2) is 28.5 Å². The number of aliphatic hydroxyl groups is 1. The molecule has 0 heterocycles. The Hall–Kier alpha value is -0.740. The van der Waals surface area contributed by atoms with Crippen molar-refractivity contribution in [3.05, 3.63) is 34.1 Å². The van der Waals surface area contributed by atoms with Gasteiger partial charge in [0.1, 0.15) is 11.5 Å². The molecule has 0 aliphatic rings. The van der Waals surface area contributed by atoms with Crippen molar-refractivity contribution in [2.45, 2.75) is 0 Å². The molecular weight excluding hydrogens is 228 g/mol. The third-order valence-corrected chi connectivity index (χ3v) is 4.06. The molecule has 1 rings (SSSR count). The maximum atomic E-state index is 9.94. The highest BCUT2D eigenvalue weighted by atomic mass is 32.2.